The summed E-state index contributed by atoms with van der Waals surface area (Å²) in [6.45, 7) is 0. The van der Waals surface area contributed by atoms with E-state index in [1.165, 1.54) is 25.7 Å². The zero-order valence-electron chi connectivity index (χ0n) is 17.1. The van der Waals surface area contributed by atoms with Gasteiger partial charge in [-0.3, -0.25) is 9.89 Å². The van der Waals surface area contributed by atoms with Crippen molar-refractivity contribution in [1.82, 2.24) is 15.5 Å². The Bertz CT molecular complexity index is 1170. The highest BCUT2D eigenvalue weighted by Gasteiger charge is 2.36. The van der Waals surface area contributed by atoms with Gasteiger partial charge in [0.15, 0.2) is 5.82 Å². The molecule has 1 amide bonds. The molecule has 2 aliphatic rings. The number of nitriles is 1. The average molecular weight is 434 g/mol. The number of carbonyl (C=O) groups is 1. The molecule has 2 aliphatic carbocycles. The number of H-pyrrole nitrogens is 1. The van der Waals surface area contributed by atoms with Crippen LogP contribution in [0.4, 0.5) is 5.82 Å². The molecule has 3 aromatic rings. The van der Waals surface area contributed by atoms with Gasteiger partial charge in [-0.05, 0) is 61.6 Å². The molecule has 31 heavy (non-hydrogen) atoms. The van der Waals surface area contributed by atoms with Gasteiger partial charge in [0.2, 0.25) is 5.91 Å². The van der Waals surface area contributed by atoms with Crippen LogP contribution in [0, 0.1) is 17.2 Å². The van der Waals surface area contributed by atoms with E-state index >= 15 is 0 Å². The molecule has 5 rings (SSSR count). The number of halogens is 1. The van der Waals surface area contributed by atoms with Gasteiger partial charge in [-0.15, -0.1) is 0 Å². The van der Waals surface area contributed by atoms with Gasteiger partial charge in [0.05, 0.1) is 17.1 Å². The number of anilines is 1. The van der Waals surface area contributed by atoms with Crippen LogP contribution in [0.2, 0.25) is 5.02 Å². The molecule has 7 heteroatoms. The largest absolute Gasteiger partial charge is 0.311 e. The van der Waals surface area contributed by atoms with E-state index in [1.807, 2.05) is 18.2 Å². The number of aromatic amines is 1. The summed E-state index contributed by atoms with van der Waals surface area (Å²) in [5.74, 6) is 0.574. The maximum atomic E-state index is 12.8. The van der Waals surface area contributed by atoms with E-state index in [1.54, 1.807) is 18.2 Å². The normalized spacial score (nSPS) is 21.0. The first-order valence-corrected chi connectivity index (χ1v) is 11.2. The molecule has 1 heterocycles. The topological polar surface area (TPSA) is 93.6 Å². The highest BCUT2D eigenvalue weighted by Crippen LogP contribution is 2.34. The number of hydrogen-bond donors (Lipinski definition) is 3. The first-order valence-electron chi connectivity index (χ1n) is 10.9. The van der Waals surface area contributed by atoms with Crippen molar-refractivity contribution >= 4 is 34.2 Å². The van der Waals surface area contributed by atoms with E-state index in [9.17, 15) is 10.1 Å². The predicted octanol–water partition coefficient (Wildman–Crippen LogP) is 5.00. The van der Waals surface area contributed by atoms with E-state index < -0.39 is 0 Å². The fourth-order valence-electron chi connectivity index (χ4n) is 4.71. The van der Waals surface area contributed by atoms with Crippen molar-refractivity contribution in [3.8, 4) is 17.2 Å². The smallest absolute Gasteiger partial charge is 0.228 e. The zero-order chi connectivity index (χ0) is 21.4. The summed E-state index contributed by atoms with van der Waals surface area (Å²) in [6, 6.07) is 14.2. The van der Waals surface area contributed by atoms with Crippen LogP contribution in [0.3, 0.4) is 0 Å². The van der Waals surface area contributed by atoms with E-state index in [0.29, 0.717) is 28.5 Å². The number of rotatable bonds is 5. The Morgan fingerprint density at radius 2 is 1.94 bits per heavy atom. The first-order chi connectivity index (χ1) is 15.1. The van der Waals surface area contributed by atoms with Crippen molar-refractivity contribution in [2.75, 3.05) is 5.32 Å². The maximum absolute atomic E-state index is 12.8. The Morgan fingerprint density at radius 3 is 2.71 bits per heavy atom. The lowest BCUT2D eigenvalue weighted by atomic mass is 9.79. The number of hydrogen-bond acceptors (Lipinski definition) is 4. The summed E-state index contributed by atoms with van der Waals surface area (Å²) in [4.78, 5) is 12.8. The molecule has 1 aromatic heterocycles. The standard InChI is InChI=1S/C24H24ClN5O/c25-21-7-5-14(13-26)9-19(21)15-6-8-22-20(12-15)23(30-29-22)28-24(31)16-10-18(11-16)27-17-3-1-2-4-17/h5-9,12,16-18,27H,1-4,10-11H2,(H2,28,29,30,31). The van der Waals surface area contributed by atoms with Crippen molar-refractivity contribution in [3.63, 3.8) is 0 Å². The third-order valence-electron chi connectivity index (χ3n) is 6.55. The van der Waals surface area contributed by atoms with Gasteiger partial charge in [0.1, 0.15) is 0 Å². The minimum absolute atomic E-state index is 0.0211. The molecule has 0 saturated heterocycles. The number of aromatic nitrogens is 2. The summed E-state index contributed by atoms with van der Waals surface area (Å²) < 4.78 is 0. The second-order valence-electron chi connectivity index (χ2n) is 8.64. The van der Waals surface area contributed by atoms with E-state index in [4.69, 9.17) is 11.6 Å². The van der Waals surface area contributed by atoms with E-state index in [-0.39, 0.29) is 11.8 Å². The van der Waals surface area contributed by atoms with Crippen molar-refractivity contribution in [3.05, 3.63) is 47.0 Å². The van der Waals surface area contributed by atoms with Crippen molar-refractivity contribution < 1.29 is 4.79 Å². The molecular weight excluding hydrogens is 410 g/mol. The highest BCUT2D eigenvalue weighted by atomic mass is 35.5. The Kier molecular flexibility index (Phi) is 5.39. The summed E-state index contributed by atoms with van der Waals surface area (Å²) in [5, 5.41) is 24.6. The lowest BCUT2D eigenvalue weighted by Crippen LogP contribution is -2.48. The second-order valence-corrected chi connectivity index (χ2v) is 9.05. The monoisotopic (exact) mass is 433 g/mol. The molecule has 2 fully saturated rings. The summed E-state index contributed by atoms with van der Waals surface area (Å²) in [7, 11) is 0. The first kappa shape index (κ1) is 20.0. The second kappa shape index (κ2) is 8.33. The highest BCUT2D eigenvalue weighted by molar-refractivity contribution is 6.33. The third kappa shape index (κ3) is 4.04. The number of nitrogens with one attached hydrogen (secondary N) is 3. The van der Waals surface area contributed by atoms with Gasteiger partial charge in [-0.25, -0.2) is 0 Å². The SMILES string of the molecule is N#Cc1ccc(Cl)c(-c2ccc3[nH]nc(NC(=O)C4CC(NC5CCCC5)C4)c3c2)c1. The van der Waals surface area contributed by atoms with Gasteiger partial charge < -0.3 is 10.6 Å². The maximum Gasteiger partial charge on any atom is 0.228 e. The van der Waals surface area contributed by atoms with Crippen molar-refractivity contribution in [1.29, 1.82) is 5.26 Å². The van der Waals surface area contributed by atoms with Gasteiger partial charge in [0.25, 0.3) is 0 Å². The number of amides is 1. The number of nitrogens with zero attached hydrogens (tertiary/aromatic N) is 2. The van der Waals surface area contributed by atoms with Crippen LogP contribution >= 0.6 is 11.6 Å². The van der Waals surface area contributed by atoms with Crippen LogP contribution in [-0.2, 0) is 4.79 Å². The van der Waals surface area contributed by atoms with Crippen LogP contribution in [0.1, 0.15) is 44.1 Å². The van der Waals surface area contributed by atoms with Gasteiger partial charge in [-0.2, -0.15) is 10.4 Å². The average Bonchev–Trinajstić information content (AvgIpc) is 3.40. The van der Waals surface area contributed by atoms with Crippen LogP contribution in [0.5, 0.6) is 0 Å². The van der Waals surface area contributed by atoms with Crippen LogP contribution in [0.15, 0.2) is 36.4 Å². The molecule has 3 N–H and O–H groups in total. The molecule has 2 aromatic carbocycles. The van der Waals surface area contributed by atoms with Crippen LogP contribution in [-0.4, -0.2) is 28.2 Å². The lowest BCUT2D eigenvalue weighted by molar-refractivity contribution is -0.123. The van der Waals surface area contributed by atoms with E-state index in [0.717, 1.165) is 34.9 Å². The Balaban J connectivity index is 1.30. The molecule has 0 unspecified atom stereocenters. The predicted molar refractivity (Wildman–Crippen MR) is 122 cm³/mol. The molecule has 0 spiro atoms. The third-order valence-corrected chi connectivity index (χ3v) is 6.88. The fraction of sp³-hybridized carbons (Fsp3) is 0.375. The number of fused-ring (bicyclic) bond motifs is 1. The van der Waals surface area contributed by atoms with Crippen LogP contribution in [0.25, 0.3) is 22.0 Å². The molecule has 6 nitrogen and oxygen atoms in total. The minimum Gasteiger partial charge on any atom is -0.311 e. The summed E-state index contributed by atoms with van der Waals surface area (Å²) >= 11 is 6.37. The molecule has 158 valence electrons. The van der Waals surface area contributed by atoms with Crippen LogP contribution < -0.4 is 10.6 Å². The Hall–Kier alpha value is -2.88. The molecule has 2 saturated carbocycles. The number of benzene rings is 2. The molecule has 0 aliphatic heterocycles. The van der Waals surface area contributed by atoms with Gasteiger partial charge in [-0.1, -0.05) is 30.5 Å². The molecule has 0 radical (unpaired) electrons. The van der Waals surface area contributed by atoms with Crippen molar-refractivity contribution in [2.24, 2.45) is 5.92 Å². The Morgan fingerprint density at radius 1 is 1.13 bits per heavy atom. The summed E-state index contributed by atoms with van der Waals surface area (Å²) in [5.41, 5.74) is 3.03. The quantitative estimate of drug-likeness (QED) is 0.527. The van der Waals surface area contributed by atoms with Crippen molar-refractivity contribution in [2.45, 2.75) is 50.6 Å². The Labute approximate surface area is 186 Å². The molecular formula is C24H24ClN5O. The number of carbonyl (C=O) groups excluding carboxylic acids is 1. The van der Waals surface area contributed by atoms with Gasteiger partial charge in [0, 0.05) is 34.0 Å². The molecule has 0 bridgehead atoms. The minimum atomic E-state index is 0.0211. The fourth-order valence-corrected chi connectivity index (χ4v) is 4.93. The zero-order valence-corrected chi connectivity index (χ0v) is 17.9. The lowest BCUT2D eigenvalue weighted by Gasteiger charge is -2.36. The summed E-state index contributed by atoms with van der Waals surface area (Å²) in [6.07, 6.45) is 6.91. The molecule has 0 atom stereocenters. The van der Waals surface area contributed by atoms with E-state index in [2.05, 4.69) is 26.9 Å². The van der Waals surface area contributed by atoms with Gasteiger partial charge >= 0.3 is 0 Å².